The Morgan fingerprint density at radius 1 is 1.12 bits per heavy atom. The predicted molar refractivity (Wildman–Crippen MR) is 128 cm³/mol. The Balaban J connectivity index is 1.52. The number of rotatable bonds is 8. The Morgan fingerprint density at radius 2 is 1.97 bits per heavy atom. The Morgan fingerprint density at radius 3 is 2.73 bits per heavy atom. The van der Waals surface area contributed by atoms with E-state index in [1.807, 2.05) is 31.2 Å². The molecule has 0 saturated carbocycles. The van der Waals surface area contributed by atoms with Crippen LogP contribution in [0.15, 0.2) is 65.7 Å². The Kier molecular flexibility index (Phi) is 6.68. The van der Waals surface area contributed by atoms with Gasteiger partial charge in [-0.3, -0.25) is 9.78 Å². The van der Waals surface area contributed by atoms with Gasteiger partial charge in [0, 0.05) is 36.1 Å². The number of amides is 1. The number of aryl methyl sites for hydroxylation is 1. The van der Waals surface area contributed by atoms with Crippen LogP contribution in [0.5, 0.6) is 5.75 Å². The molecule has 0 unspecified atom stereocenters. The van der Waals surface area contributed by atoms with Gasteiger partial charge in [0.2, 0.25) is 10.0 Å². The fraction of sp³-hybridized carbons (Fsp3) is 0.174. The molecule has 4 rings (SSSR count). The Bertz CT molecular complexity index is 1400. The summed E-state index contributed by atoms with van der Waals surface area (Å²) in [5, 5.41) is 3.75. The molecule has 170 valence electrons. The van der Waals surface area contributed by atoms with E-state index >= 15 is 0 Å². The first kappa shape index (κ1) is 22.8. The van der Waals surface area contributed by atoms with Crippen molar-refractivity contribution in [3.63, 3.8) is 0 Å². The van der Waals surface area contributed by atoms with Gasteiger partial charge < -0.3 is 10.1 Å². The summed E-state index contributed by atoms with van der Waals surface area (Å²) in [6.07, 6.45) is 2.09. The van der Waals surface area contributed by atoms with Crippen molar-refractivity contribution in [3.05, 3.63) is 77.1 Å². The second kappa shape index (κ2) is 9.65. The first-order chi connectivity index (χ1) is 15.9. The summed E-state index contributed by atoms with van der Waals surface area (Å²) >= 11 is 1.53. The number of carbonyl (C=O) groups excluding carboxylic acids is 1. The van der Waals surface area contributed by atoms with Gasteiger partial charge in [0.15, 0.2) is 0 Å². The molecule has 0 bridgehead atoms. The lowest BCUT2D eigenvalue weighted by molar-refractivity contribution is 0.102. The molecule has 0 aliphatic heterocycles. The van der Waals surface area contributed by atoms with Gasteiger partial charge in [0.05, 0.1) is 22.3 Å². The van der Waals surface area contributed by atoms with Crippen molar-refractivity contribution >= 4 is 43.2 Å². The van der Waals surface area contributed by atoms with Crippen LogP contribution >= 0.6 is 11.3 Å². The standard InChI is InChI=1S/C23H22N4O4S2/c1-15-26-19-8-7-18(14-21(19)32-15)27-23(28)16-6-9-20(31-2)22(13-16)33(29,30)25-12-10-17-5-3-4-11-24-17/h3-9,11,13-14,25H,10,12H2,1-2H3,(H,27,28). The molecule has 8 nitrogen and oxygen atoms in total. The minimum absolute atomic E-state index is 0.104. The van der Waals surface area contributed by atoms with Crippen molar-refractivity contribution in [1.82, 2.24) is 14.7 Å². The quantitative estimate of drug-likeness (QED) is 0.395. The molecule has 4 aromatic rings. The molecule has 0 fully saturated rings. The van der Waals surface area contributed by atoms with E-state index in [2.05, 4.69) is 20.0 Å². The number of carbonyl (C=O) groups is 1. The van der Waals surface area contributed by atoms with Crippen molar-refractivity contribution in [2.45, 2.75) is 18.2 Å². The molecule has 33 heavy (non-hydrogen) atoms. The normalized spacial score (nSPS) is 11.5. The van der Waals surface area contributed by atoms with E-state index in [1.165, 1.54) is 36.6 Å². The molecule has 0 saturated heterocycles. The molecule has 10 heteroatoms. The monoisotopic (exact) mass is 482 g/mol. The molecule has 2 N–H and O–H groups in total. The smallest absolute Gasteiger partial charge is 0.255 e. The van der Waals surface area contributed by atoms with E-state index in [0.29, 0.717) is 12.1 Å². The topological polar surface area (TPSA) is 110 Å². The van der Waals surface area contributed by atoms with Gasteiger partial charge in [-0.25, -0.2) is 18.1 Å². The summed E-state index contributed by atoms with van der Waals surface area (Å²) < 4.78 is 34.6. The molecular formula is C23H22N4O4S2. The number of nitrogens with zero attached hydrogens (tertiary/aromatic N) is 2. The summed E-state index contributed by atoms with van der Waals surface area (Å²) in [5.74, 6) is -0.276. The Hall–Kier alpha value is -3.34. The molecule has 2 aromatic heterocycles. The second-order valence-corrected chi connectivity index (χ2v) is 10.2. The molecule has 1 amide bonds. The van der Waals surface area contributed by atoms with Crippen molar-refractivity contribution in [2.24, 2.45) is 0 Å². The number of sulfonamides is 1. The highest BCUT2D eigenvalue weighted by atomic mass is 32.2. The maximum absolute atomic E-state index is 12.9. The van der Waals surface area contributed by atoms with Crippen LogP contribution in [-0.2, 0) is 16.4 Å². The molecule has 0 spiro atoms. The lowest BCUT2D eigenvalue weighted by Crippen LogP contribution is -2.27. The van der Waals surface area contributed by atoms with E-state index in [1.54, 1.807) is 18.3 Å². The van der Waals surface area contributed by atoms with Crippen LogP contribution in [0.4, 0.5) is 5.69 Å². The van der Waals surface area contributed by atoms with E-state index in [-0.39, 0.29) is 22.8 Å². The number of fused-ring (bicyclic) bond motifs is 1. The number of aromatic nitrogens is 2. The highest BCUT2D eigenvalue weighted by Crippen LogP contribution is 2.27. The largest absolute Gasteiger partial charge is 0.495 e. The third-order valence-electron chi connectivity index (χ3n) is 4.87. The van der Waals surface area contributed by atoms with Crippen molar-refractivity contribution in [1.29, 1.82) is 0 Å². The van der Waals surface area contributed by atoms with Crippen LogP contribution in [0.1, 0.15) is 21.1 Å². The third-order valence-corrected chi connectivity index (χ3v) is 7.28. The van der Waals surface area contributed by atoms with Gasteiger partial charge in [-0.05, 0) is 55.5 Å². The molecule has 0 aliphatic carbocycles. The predicted octanol–water partition coefficient (Wildman–Crippen LogP) is 3.78. The number of ether oxygens (including phenoxy) is 1. The number of benzene rings is 2. The van der Waals surface area contributed by atoms with Gasteiger partial charge in [-0.15, -0.1) is 11.3 Å². The minimum atomic E-state index is -3.92. The van der Waals surface area contributed by atoms with Crippen LogP contribution in [0.3, 0.4) is 0 Å². The number of hydrogen-bond acceptors (Lipinski definition) is 7. The molecule has 0 aliphatic rings. The van der Waals surface area contributed by atoms with Crippen molar-refractivity contribution in [3.8, 4) is 5.75 Å². The van der Waals surface area contributed by atoms with E-state index in [4.69, 9.17) is 4.74 Å². The van der Waals surface area contributed by atoms with E-state index in [9.17, 15) is 13.2 Å². The maximum Gasteiger partial charge on any atom is 0.255 e. The number of thiazole rings is 1. The fourth-order valence-corrected chi connectivity index (χ4v) is 5.38. The second-order valence-electron chi connectivity index (χ2n) is 7.20. The van der Waals surface area contributed by atoms with Crippen LogP contribution in [-0.4, -0.2) is 37.9 Å². The first-order valence-electron chi connectivity index (χ1n) is 10.1. The summed E-state index contributed by atoms with van der Waals surface area (Å²) in [7, 11) is -2.53. The number of pyridine rings is 1. The minimum Gasteiger partial charge on any atom is -0.495 e. The van der Waals surface area contributed by atoms with Crippen LogP contribution in [0, 0.1) is 6.92 Å². The summed E-state index contributed by atoms with van der Waals surface area (Å²) in [4.78, 5) is 21.3. The van der Waals surface area contributed by atoms with Gasteiger partial charge >= 0.3 is 0 Å². The van der Waals surface area contributed by atoms with E-state index in [0.717, 1.165) is 20.9 Å². The lowest BCUT2D eigenvalue weighted by Gasteiger charge is -2.13. The SMILES string of the molecule is COc1ccc(C(=O)Nc2ccc3nc(C)sc3c2)cc1S(=O)(=O)NCCc1ccccn1. The van der Waals surface area contributed by atoms with Crippen LogP contribution in [0.2, 0.25) is 0 Å². The van der Waals surface area contributed by atoms with Crippen molar-refractivity contribution in [2.75, 3.05) is 19.0 Å². The zero-order valence-corrected chi connectivity index (χ0v) is 19.7. The zero-order chi connectivity index (χ0) is 23.4. The van der Waals surface area contributed by atoms with E-state index < -0.39 is 15.9 Å². The number of nitrogens with one attached hydrogen (secondary N) is 2. The van der Waals surface area contributed by atoms with Gasteiger partial charge in [0.1, 0.15) is 10.6 Å². The van der Waals surface area contributed by atoms with Crippen LogP contribution < -0.4 is 14.8 Å². The van der Waals surface area contributed by atoms with Gasteiger partial charge in [-0.2, -0.15) is 0 Å². The number of hydrogen-bond donors (Lipinski definition) is 2. The molecule has 2 heterocycles. The summed E-state index contributed by atoms with van der Waals surface area (Å²) in [5.41, 5.74) is 2.44. The van der Waals surface area contributed by atoms with Crippen molar-refractivity contribution < 1.29 is 17.9 Å². The third kappa shape index (κ3) is 5.36. The summed E-state index contributed by atoms with van der Waals surface area (Å²) in [6.45, 7) is 2.08. The average Bonchev–Trinajstić information content (AvgIpc) is 3.18. The van der Waals surface area contributed by atoms with Crippen LogP contribution in [0.25, 0.3) is 10.2 Å². The molecule has 2 aromatic carbocycles. The average molecular weight is 483 g/mol. The lowest BCUT2D eigenvalue weighted by atomic mass is 10.2. The number of anilines is 1. The van der Waals surface area contributed by atoms with Gasteiger partial charge in [0.25, 0.3) is 5.91 Å². The summed E-state index contributed by atoms with van der Waals surface area (Å²) in [6, 6.07) is 15.2. The first-order valence-corrected chi connectivity index (χ1v) is 12.4. The highest BCUT2D eigenvalue weighted by molar-refractivity contribution is 7.89. The molecule has 0 atom stereocenters. The van der Waals surface area contributed by atoms with Gasteiger partial charge in [-0.1, -0.05) is 6.07 Å². The molecule has 0 radical (unpaired) electrons. The maximum atomic E-state index is 12.9. The number of methoxy groups -OCH3 is 1. The zero-order valence-electron chi connectivity index (χ0n) is 18.0. The fourth-order valence-electron chi connectivity index (χ4n) is 3.29. The Labute approximate surface area is 195 Å². The highest BCUT2D eigenvalue weighted by Gasteiger charge is 2.21. The molecular weight excluding hydrogens is 460 g/mol.